The Morgan fingerprint density at radius 2 is 2.17 bits per heavy atom. The second kappa shape index (κ2) is 3.16. The molecule has 1 heterocycles. The highest BCUT2D eigenvalue weighted by atomic mass is 19.4. The summed E-state index contributed by atoms with van der Waals surface area (Å²) in [6.45, 7) is 0. The Labute approximate surface area is 65.8 Å². The van der Waals surface area contributed by atoms with Gasteiger partial charge in [-0.25, -0.2) is 0 Å². The smallest absolute Gasteiger partial charge is 0.413 e. The fourth-order valence-electron chi connectivity index (χ4n) is 0.754. The van der Waals surface area contributed by atoms with Crippen molar-refractivity contribution in [1.82, 2.24) is 5.48 Å². The van der Waals surface area contributed by atoms with E-state index in [4.69, 9.17) is 5.21 Å². The van der Waals surface area contributed by atoms with E-state index in [0.717, 1.165) is 17.8 Å². The van der Waals surface area contributed by atoms with E-state index < -0.39 is 12.2 Å². The van der Waals surface area contributed by atoms with Gasteiger partial charge in [-0.3, -0.25) is 0 Å². The molecule has 12 heavy (non-hydrogen) atoms. The predicted octanol–water partition coefficient (Wildman–Crippen LogP) is 1.86. The highest BCUT2D eigenvalue weighted by molar-refractivity contribution is 5.05. The lowest BCUT2D eigenvalue weighted by Crippen LogP contribution is -2.31. The summed E-state index contributed by atoms with van der Waals surface area (Å²) in [7, 11) is 0. The Hall–Kier alpha value is -1.01. The van der Waals surface area contributed by atoms with Crippen molar-refractivity contribution in [2.75, 3.05) is 0 Å². The molecular formula is C6H6F3NO2. The second-order valence-electron chi connectivity index (χ2n) is 2.12. The van der Waals surface area contributed by atoms with Crippen LogP contribution in [0, 0.1) is 0 Å². The van der Waals surface area contributed by atoms with Gasteiger partial charge in [0.25, 0.3) is 0 Å². The van der Waals surface area contributed by atoms with Gasteiger partial charge in [-0.1, -0.05) is 0 Å². The summed E-state index contributed by atoms with van der Waals surface area (Å²) in [4.78, 5) is 0. The number of alkyl halides is 3. The fraction of sp³-hybridized carbons (Fsp3) is 0.333. The van der Waals surface area contributed by atoms with Gasteiger partial charge in [-0.2, -0.15) is 18.7 Å². The van der Waals surface area contributed by atoms with Crippen LogP contribution in [-0.4, -0.2) is 11.4 Å². The molecule has 1 aromatic rings. The zero-order valence-electron chi connectivity index (χ0n) is 5.80. The van der Waals surface area contributed by atoms with Gasteiger partial charge in [0, 0.05) is 0 Å². The molecular weight excluding hydrogens is 175 g/mol. The highest BCUT2D eigenvalue weighted by Crippen LogP contribution is 2.32. The molecule has 0 saturated carbocycles. The molecule has 0 aliphatic heterocycles. The third-order valence-corrected chi connectivity index (χ3v) is 1.28. The fourth-order valence-corrected chi connectivity index (χ4v) is 0.754. The van der Waals surface area contributed by atoms with Gasteiger partial charge in [0.15, 0.2) is 6.04 Å². The average molecular weight is 181 g/mol. The van der Waals surface area contributed by atoms with Gasteiger partial charge >= 0.3 is 6.18 Å². The van der Waals surface area contributed by atoms with Gasteiger partial charge in [-0.05, 0) is 12.1 Å². The van der Waals surface area contributed by atoms with E-state index in [9.17, 15) is 13.2 Å². The van der Waals surface area contributed by atoms with Gasteiger partial charge in [0.05, 0.1) is 6.26 Å². The largest absolute Gasteiger partial charge is 0.467 e. The van der Waals surface area contributed by atoms with Crippen LogP contribution in [0.5, 0.6) is 0 Å². The molecule has 1 rings (SSSR count). The molecule has 0 aromatic carbocycles. The summed E-state index contributed by atoms with van der Waals surface area (Å²) in [6.07, 6.45) is -3.46. The maximum absolute atomic E-state index is 12.0. The standard InChI is InChI=1S/C6H6F3NO2/c7-6(8,9)5(10-11)4-2-1-3-12-4/h1-3,5,10-11H/t5-/m0/s1. The molecule has 6 heteroatoms. The molecule has 0 unspecified atom stereocenters. The van der Waals surface area contributed by atoms with E-state index in [1.54, 1.807) is 0 Å². The first-order valence-corrected chi connectivity index (χ1v) is 3.05. The van der Waals surface area contributed by atoms with E-state index in [0.29, 0.717) is 0 Å². The van der Waals surface area contributed by atoms with Crippen molar-refractivity contribution in [1.29, 1.82) is 0 Å². The lowest BCUT2D eigenvalue weighted by Gasteiger charge is -2.15. The zero-order chi connectivity index (χ0) is 9.19. The molecule has 2 N–H and O–H groups in total. The third-order valence-electron chi connectivity index (χ3n) is 1.28. The summed E-state index contributed by atoms with van der Waals surface area (Å²) in [5, 5.41) is 8.20. The number of hydrogen-bond donors (Lipinski definition) is 2. The first-order valence-electron chi connectivity index (χ1n) is 3.05. The number of furan rings is 1. The van der Waals surface area contributed by atoms with Gasteiger partial charge < -0.3 is 9.62 Å². The van der Waals surface area contributed by atoms with Crippen LogP contribution in [-0.2, 0) is 0 Å². The molecule has 68 valence electrons. The summed E-state index contributed by atoms with van der Waals surface area (Å²) < 4.78 is 40.5. The van der Waals surface area contributed by atoms with Crippen molar-refractivity contribution in [2.24, 2.45) is 0 Å². The quantitative estimate of drug-likeness (QED) is 0.684. The lowest BCUT2D eigenvalue weighted by molar-refractivity contribution is -0.182. The van der Waals surface area contributed by atoms with Crippen molar-refractivity contribution in [2.45, 2.75) is 12.2 Å². The van der Waals surface area contributed by atoms with Crippen LogP contribution >= 0.6 is 0 Å². The van der Waals surface area contributed by atoms with Crippen LogP contribution in [0.25, 0.3) is 0 Å². The molecule has 0 saturated heterocycles. The van der Waals surface area contributed by atoms with Crippen molar-refractivity contribution >= 4 is 0 Å². The average Bonchev–Trinajstić information content (AvgIpc) is 2.38. The minimum Gasteiger partial charge on any atom is -0.467 e. The molecule has 1 atom stereocenters. The topological polar surface area (TPSA) is 45.4 Å². The lowest BCUT2D eigenvalue weighted by atomic mass is 10.2. The Bertz CT molecular complexity index is 231. The maximum Gasteiger partial charge on any atom is 0.413 e. The number of rotatable bonds is 2. The summed E-state index contributed by atoms with van der Waals surface area (Å²) in [5.74, 6) is -0.370. The Kier molecular flexibility index (Phi) is 2.39. The number of halogens is 3. The summed E-state index contributed by atoms with van der Waals surface area (Å²) in [5.41, 5.74) is 1.13. The second-order valence-corrected chi connectivity index (χ2v) is 2.12. The van der Waals surface area contributed by atoms with Crippen molar-refractivity contribution < 1.29 is 22.8 Å². The van der Waals surface area contributed by atoms with E-state index in [-0.39, 0.29) is 5.76 Å². The van der Waals surface area contributed by atoms with Crippen LogP contribution in [0.4, 0.5) is 13.2 Å². The van der Waals surface area contributed by atoms with Crippen molar-refractivity contribution in [3.63, 3.8) is 0 Å². The van der Waals surface area contributed by atoms with Crippen LogP contribution in [0.15, 0.2) is 22.8 Å². The maximum atomic E-state index is 12.0. The normalized spacial score (nSPS) is 14.7. The molecule has 0 bridgehead atoms. The summed E-state index contributed by atoms with van der Waals surface area (Å²) >= 11 is 0. The number of hydrogen-bond acceptors (Lipinski definition) is 3. The molecule has 1 aromatic heterocycles. The minimum absolute atomic E-state index is 0.370. The Morgan fingerprint density at radius 1 is 1.50 bits per heavy atom. The molecule has 3 nitrogen and oxygen atoms in total. The van der Waals surface area contributed by atoms with Gasteiger partial charge in [-0.15, -0.1) is 0 Å². The van der Waals surface area contributed by atoms with Crippen LogP contribution in [0.2, 0.25) is 0 Å². The molecule has 0 amide bonds. The number of hydroxylamine groups is 1. The molecule has 0 fully saturated rings. The highest BCUT2D eigenvalue weighted by Gasteiger charge is 2.42. The number of nitrogens with one attached hydrogen (secondary N) is 1. The first-order chi connectivity index (χ1) is 5.55. The summed E-state index contributed by atoms with van der Waals surface area (Å²) in [6, 6.07) is 0.278. The van der Waals surface area contributed by atoms with Crippen LogP contribution in [0.3, 0.4) is 0 Å². The monoisotopic (exact) mass is 181 g/mol. The minimum atomic E-state index is -4.56. The van der Waals surface area contributed by atoms with E-state index in [1.807, 2.05) is 0 Å². The molecule has 0 radical (unpaired) electrons. The Morgan fingerprint density at radius 3 is 2.50 bits per heavy atom. The van der Waals surface area contributed by atoms with Crippen LogP contribution in [0.1, 0.15) is 11.8 Å². The first kappa shape index (κ1) is 9.08. The van der Waals surface area contributed by atoms with E-state index >= 15 is 0 Å². The van der Waals surface area contributed by atoms with Crippen molar-refractivity contribution in [3.05, 3.63) is 24.2 Å². The SMILES string of the molecule is ON[C@@H](c1ccco1)C(F)(F)F. The molecule has 0 aliphatic carbocycles. The van der Waals surface area contributed by atoms with E-state index in [1.165, 1.54) is 6.07 Å². The van der Waals surface area contributed by atoms with Gasteiger partial charge in [0.1, 0.15) is 5.76 Å². The predicted molar refractivity (Wildman–Crippen MR) is 32.4 cm³/mol. The van der Waals surface area contributed by atoms with E-state index in [2.05, 4.69) is 4.42 Å². The van der Waals surface area contributed by atoms with Gasteiger partial charge in [0.2, 0.25) is 0 Å². The third kappa shape index (κ3) is 1.77. The van der Waals surface area contributed by atoms with Crippen molar-refractivity contribution in [3.8, 4) is 0 Å². The molecule has 0 aliphatic rings. The molecule has 0 spiro atoms. The van der Waals surface area contributed by atoms with Crippen LogP contribution < -0.4 is 5.48 Å². The zero-order valence-corrected chi connectivity index (χ0v) is 5.80. The Balaban J connectivity index is 2.84.